The number of nitrogens with zero attached hydrogens (tertiary/aromatic N) is 1. The van der Waals surface area contributed by atoms with Gasteiger partial charge in [0.25, 0.3) is 0 Å². The average Bonchev–Trinajstić information content (AvgIpc) is 1.97. The van der Waals surface area contributed by atoms with Gasteiger partial charge in [-0.1, -0.05) is 5.92 Å². The third-order valence-corrected chi connectivity index (χ3v) is 1.68. The average molecular weight is 154 g/mol. The van der Waals surface area contributed by atoms with Crippen LogP contribution < -0.4 is 5.32 Å². The van der Waals surface area contributed by atoms with Crippen molar-refractivity contribution >= 4 is 11.8 Å². The second kappa shape index (κ2) is 8.36. The molecule has 0 aromatic rings. The van der Waals surface area contributed by atoms with E-state index < -0.39 is 0 Å². The second-order valence-corrected chi connectivity index (χ2v) is 2.70. The maximum absolute atomic E-state index is 8.12. The molecule has 0 saturated heterocycles. The number of hydrogen-bond donors (Lipinski definition) is 1. The highest BCUT2D eigenvalue weighted by Crippen LogP contribution is 1.94. The Kier molecular flexibility index (Phi) is 7.82. The molecule has 0 unspecified atom stereocenters. The Bertz CT molecular complexity index is 125. The summed E-state index contributed by atoms with van der Waals surface area (Å²) in [5, 5.41) is 11.1. The van der Waals surface area contributed by atoms with Crippen LogP contribution in [-0.2, 0) is 0 Å². The van der Waals surface area contributed by atoms with E-state index >= 15 is 0 Å². The first-order valence-electron chi connectivity index (χ1n) is 3.00. The minimum Gasteiger partial charge on any atom is -0.304 e. The van der Waals surface area contributed by atoms with Gasteiger partial charge in [0, 0.05) is 12.3 Å². The van der Waals surface area contributed by atoms with Gasteiger partial charge >= 0.3 is 0 Å². The summed E-state index contributed by atoms with van der Waals surface area (Å²) in [6.45, 7) is 1.29. The van der Waals surface area contributed by atoms with Crippen molar-refractivity contribution in [3.05, 3.63) is 0 Å². The summed E-state index contributed by atoms with van der Waals surface area (Å²) in [6.07, 6.45) is 5.03. The van der Waals surface area contributed by atoms with E-state index in [9.17, 15) is 0 Å². The number of nitriles is 1. The van der Waals surface area contributed by atoms with Gasteiger partial charge in [-0.2, -0.15) is 5.26 Å². The van der Waals surface area contributed by atoms with E-state index in [1.54, 1.807) is 11.8 Å². The fourth-order valence-electron chi connectivity index (χ4n) is 0.420. The van der Waals surface area contributed by atoms with Crippen LogP contribution in [0.1, 0.15) is 0 Å². The molecule has 0 bridgehead atoms. The quantitative estimate of drug-likeness (QED) is 0.355. The third-order valence-electron chi connectivity index (χ3n) is 0.813. The fourth-order valence-corrected chi connectivity index (χ4v) is 0.971. The Morgan fingerprint density at radius 1 is 1.60 bits per heavy atom. The van der Waals surface area contributed by atoms with Crippen LogP contribution in [0.15, 0.2) is 0 Å². The van der Waals surface area contributed by atoms with Gasteiger partial charge in [0.05, 0.1) is 18.4 Å². The van der Waals surface area contributed by atoms with E-state index in [0.717, 1.165) is 18.1 Å². The molecule has 54 valence electrons. The van der Waals surface area contributed by atoms with Crippen LogP contribution in [0.2, 0.25) is 0 Å². The van der Waals surface area contributed by atoms with E-state index in [1.807, 2.05) is 6.07 Å². The predicted octanol–water partition coefficient (Wildman–Crippen LogP) is 0.466. The number of rotatable bonds is 5. The molecule has 2 nitrogen and oxygen atoms in total. The van der Waals surface area contributed by atoms with Crippen LogP contribution in [0.5, 0.6) is 0 Å². The first-order valence-corrected chi connectivity index (χ1v) is 4.16. The van der Waals surface area contributed by atoms with Crippen molar-refractivity contribution in [1.82, 2.24) is 5.32 Å². The molecule has 0 spiro atoms. The molecule has 0 heterocycles. The molecule has 1 N–H and O–H groups in total. The van der Waals surface area contributed by atoms with Crippen molar-refractivity contribution in [3.8, 4) is 18.4 Å². The van der Waals surface area contributed by atoms with Gasteiger partial charge in [-0.05, 0) is 0 Å². The highest BCUT2D eigenvalue weighted by atomic mass is 32.2. The molecule has 0 fully saturated rings. The summed E-state index contributed by atoms with van der Waals surface area (Å²) < 4.78 is 0. The number of nitrogens with one attached hydrogen (secondary N) is 1. The van der Waals surface area contributed by atoms with Gasteiger partial charge in [0.1, 0.15) is 0 Å². The van der Waals surface area contributed by atoms with Crippen LogP contribution in [0.25, 0.3) is 0 Å². The van der Waals surface area contributed by atoms with Crippen molar-refractivity contribution in [1.29, 1.82) is 5.26 Å². The lowest BCUT2D eigenvalue weighted by molar-refractivity contribution is 0.813. The molecule has 0 aliphatic heterocycles. The molecular weight excluding hydrogens is 144 g/mol. The van der Waals surface area contributed by atoms with Crippen LogP contribution in [0, 0.1) is 23.7 Å². The number of terminal acetylenes is 1. The van der Waals surface area contributed by atoms with Crippen LogP contribution in [0.3, 0.4) is 0 Å². The fraction of sp³-hybridized carbons (Fsp3) is 0.571. The van der Waals surface area contributed by atoms with Crippen molar-refractivity contribution in [2.24, 2.45) is 0 Å². The maximum atomic E-state index is 8.12. The van der Waals surface area contributed by atoms with Gasteiger partial charge in [-0.25, -0.2) is 0 Å². The number of hydrogen-bond acceptors (Lipinski definition) is 3. The Hall–Kier alpha value is -0.640. The van der Waals surface area contributed by atoms with E-state index in [-0.39, 0.29) is 0 Å². The van der Waals surface area contributed by atoms with Crippen molar-refractivity contribution in [3.63, 3.8) is 0 Å². The van der Waals surface area contributed by atoms with E-state index in [0.29, 0.717) is 6.54 Å². The molecule has 0 saturated carbocycles. The van der Waals surface area contributed by atoms with Crippen LogP contribution >= 0.6 is 11.8 Å². The van der Waals surface area contributed by atoms with Crippen molar-refractivity contribution in [2.75, 3.05) is 24.6 Å². The van der Waals surface area contributed by atoms with Crippen LogP contribution in [0.4, 0.5) is 0 Å². The molecular formula is C7H10N2S. The zero-order valence-electron chi connectivity index (χ0n) is 5.76. The summed E-state index contributed by atoms with van der Waals surface area (Å²) >= 11 is 1.70. The zero-order valence-corrected chi connectivity index (χ0v) is 6.58. The predicted molar refractivity (Wildman–Crippen MR) is 44.6 cm³/mol. The topological polar surface area (TPSA) is 35.8 Å². The first kappa shape index (κ1) is 9.36. The second-order valence-electron chi connectivity index (χ2n) is 1.59. The highest BCUT2D eigenvalue weighted by molar-refractivity contribution is 7.99. The minimum atomic E-state index is 0.427. The molecule has 3 heteroatoms. The normalized spacial score (nSPS) is 8.20. The molecule has 0 atom stereocenters. The van der Waals surface area contributed by atoms with Gasteiger partial charge in [-0.3, -0.25) is 0 Å². The van der Waals surface area contributed by atoms with E-state index in [4.69, 9.17) is 11.7 Å². The van der Waals surface area contributed by atoms with Crippen LogP contribution in [-0.4, -0.2) is 24.6 Å². The molecule has 0 aromatic carbocycles. The molecule has 0 rings (SSSR count). The summed E-state index contributed by atoms with van der Waals surface area (Å²) in [6, 6.07) is 2.00. The van der Waals surface area contributed by atoms with Gasteiger partial charge < -0.3 is 5.32 Å². The minimum absolute atomic E-state index is 0.427. The smallest absolute Gasteiger partial charge is 0.0841 e. The Morgan fingerprint density at radius 3 is 3.00 bits per heavy atom. The van der Waals surface area contributed by atoms with Crippen molar-refractivity contribution in [2.45, 2.75) is 0 Å². The van der Waals surface area contributed by atoms with Gasteiger partial charge in [-0.15, -0.1) is 18.2 Å². The maximum Gasteiger partial charge on any atom is 0.0841 e. The lowest BCUT2D eigenvalue weighted by Crippen LogP contribution is -2.16. The Balaban J connectivity index is 2.80. The summed E-state index contributed by atoms with van der Waals surface area (Å²) in [7, 11) is 0. The van der Waals surface area contributed by atoms with Crippen molar-refractivity contribution < 1.29 is 0 Å². The Labute approximate surface area is 66.0 Å². The molecule has 0 aliphatic carbocycles. The highest BCUT2D eigenvalue weighted by Gasteiger charge is 1.84. The van der Waals surface area contributed by atoms with Gasteiger partial charge in [0.15, 0.2) is 0 Å². The first-order chi connectivity index (χ1) is 4.91. The molecule has 10 heavy (non-hydrogen) atoms. The standard InChI is InChI=1S/C7H10N2S/c1-2-6-10-7-5-9-4-3-8/h1,9H,4-7H2. The van der Waals surface area contributed by atoms with Gasteiger partial charge in [0.2, 0.25) is 0 Å². The summed E-state index contributed by atoms with van der Waals surface area (Å²) in [5.74, 6) is 4.26. The van der Waals surface area contributed by atoms with E-state index in [1.165, 1.54) is 0 Å². The lowest BCUT2D eigenvalue weighted by atomic mass is 10.6. The molecule has 0 aliphatic rings. The van der Waals surface area contributed by atoms with E-state index in [2.05, 4.69) is 11.2 Å². The lowest BCUT2D eigenvalue weighted by Gasteiger charge is -1.96. The molecule has 0 radical (unpaired) electrons. The molecule has 0 aromatic heterocycles. The Morgan fingerprint density at radius 2 is 2.40 bits per heavy atom. The third kappa shape index (κ3) is 7.36. The molecule has 0 amide bonds. The monoisotopic (exact) mass is 154 g/mol. The SMILES string of the molecule is C#CCSCCNCC#N. The zero-order chi connectivity index (χ0) is 7.66. The summed E-state index contributed by atoms with van der Waals surface area (Å²) in [5.41, 5.74) is 0. The number of thioether (sulfide) groups is 1. The largest absolute Gasteiger partial charge is 0.304 e. The summed E-state index contributed by atoms with van der Waals surface area (Å²) in [4.78, 5) is 0.